The standard InChI is InChI=1S/C31H45BrN4O2/c1-35(2)10-4-9-33-27(37)18-24-19-31(28-25(24)5-3-6-26(28)32)7-11-36(12-8-31)30(38)34-29-22-14-20-13-21(16-22)17-23(29)15-20/h3,5-6,20-24,29H,4,7-19H2,1-2H3,(H,33,37)(H,34,38). The van der Waals surface area contributed by atoms with Gasteiger partial charge in [-0.2, -0.15) is 0 Å². The summed E-state index contributed by atoms with van der Waals surface area (Å²) in [6, 6.07) is 7.04. The van der Waals surface area contributed by atoms with Gasteiger partial charge in [-0.25, -0.2) is 4.79 Å². The Balaban J connectivity index is 1.07. The number of carbonyl (C=O) groups is 2. The van der Waals surface area contributed by atoms with E-state index < -0.39 is 0 Å². The fourth-order valence-electron chi connectivity index (χ4n) is 9.21. The first-order chi connectivity index (χ1) is 18.3. The van der Waals surface area contributed by atoms with Crippen molar-refractivity contribution in [2.75, 3.05) is 40.3 Å². The first kappa shape index (κ1) is 26.6. The molecular formula is C31H45BrN4O2. The van der Waals surface area contributed by atoms with E-state index in [2.05, 4.69) is 68.7 Å². The highest BCUT2D eigenvalue weighted by Gasteiger charge is 2.50. The third-order valence-electron chi connectivity index (χ3n) is 10.7. The number of nitrogens with one attached hydrogen (secondary N) is 2. The van der Waals surface area contributed by atoms with Gasteiger partial charge in [-0.05, 0) is 125 Å². The average molecular weight is 586 g/mol. The molecule has 4 saturated carbocycles. The number of amides is 3. The largest absolute Gasteiger partial charge is 0.356 e. The lowest BCUT2D eigenvalue weighted by Crippen LogP contribution is -2.59. The second-order valence-corrected chi connectivity index (χ2v) is 14.3. The van der Waals surface area contributed by atoms with Crippen molar-refractivity contribution < 1.29 is 9.59 Å². The molecule has 0 aromatic heterocycles. The Morgan fingerprint density at radius 3 is 2.39 bits per heavy atom. The van der Waals surface area contributed by atoms with Crippen LogP contribution in [0.1, 0.15) is 81.3 Å². The van der Waals surface area contributed by atoms with Crippen LogP contribution in [0.3, 0.4) is 0 Å². The number of carbonyl (C=O) groups excluding carboxylic acids is 2. The number of fused-ring (bicyclic) bond motifs is 2. The molecule has 1 saturated heterocycles. The van der Waals surface area contributed by atoms with Crippen molar-refractivity contribution in [2.24, 2.45) is 23.7 Å². The van der Waals surface area contributed by atoms with Gasteiger partial charge in [0.2, 0.25) is 5.91 Å². The Hall–Kier alpha value is -1.60. The Morgan fingerprint density at radius 2 is 1.74 bits per heavy atom. The van der Waals surface area contributed by atoms with E-state index in [0.717, 1.165) is 68.2 Å². The Bertz CT molecular complexity index is 1020. The third-order valence-corrected chi connectivity index (χ3v) is 11.4. The average Bonchev–Trinajstić information content (AvgIpc) is 3.17. The molecule has 1 spiro atoms. The summed E-state index contributed by atoms with van der Waals surface area (Å²) in [5.74, 6) is 3.66. The number of hydrogen-bond acceptors (Lipinski definition) is 3. The van der Waals surface area contributed by atoms with Crippen LogP contribution in [0.5, 0.6) is 0 Å². The zero-order chi connectivity index (χ0) is 26.4. The Kier molecular flexibility index (Phi) is 7.53. The molecular weight excluding hydrogens is 540 g/mol. The summed E-state index contributed by atoms with van der Waals surface area (Å²) in [4.78, 5) is 30.5. The summed E-state index contributed by atoms with van der Waals surface area (Å²) >= 11 is 3.86. The van der Waals surface area contributed by atoms with Crippen molar-refractivity contribution in [3.05, 3.63) is 33.8 Å². The summed E-state index contributed by atoms with van der Waals surface area (Å²) in [5, 5.41) is 6.68. The molecule has 1 aliphatic heterocycles. The summed E-state index contributed by atoms with van der Waals surface area (Å²) in [6.07, 6.45) is 11.2. The fourth-order valence-corrected chi connectivity index (χ4v) is 10.0. The second-order valence-electron chi connectivity index (χ2n) is 13.5. The van der Waals surface area contributed by atoms with Crippen molar-refractivity contribution in [3.63, 3.8) is 0 Å². The van der Waals surface area contributed by atoms with Crippen molar-refractivity contribution in [1.82, 2.24) is 20.4 Å². The van der Waals surface area contributed by atoms with Gasteiger partial charge in [0.05, 0.1) is 0 Å². The van der Waals surface area contributed by atoms with Crippen LogP contribution in [0.25, 0.3) is 0 Å². The van der Waals surface area contributed by atoms with Gasteiger partial charge in [-0.1, -0.05) is 28.1 Å². The van der Waals surface area contributed by atoms with Crippen molar-refractivity contribution in [2.45, 2.75) is 81.6 Å². The topological polar surface area (TPSA) is 64.7 Å². The molecule has 1 aromatic carbocycles. The molecule has 5 fully saturated rings. The molecule has 1 heterocycles. The molecule has 7 rings (SSSR count). The van der Waals surface area contributed by atoms with E-state index in [1.807, 2.05) is 0 Å². The Morgan fingerprint density at radius 1 is 1.05 bits per heavy atom. The molecule has 0 radical (unpaired) electrons. The van der Waals surface area contributed by atoms with Crippen LogP contribution in [0.15, 0.2) is 22.7 Å². The number of benzene rings is 1. The first-order valence-corrected chi connectivity index (χ1v) is 15.9. The predicted octanol–water partition coefficient (Wildman–Crippen LogP) is 5.26. The number of urea groups is 1. The first-order valence-electron chi connectivity index (χ1n) is 15.1. The van der Waals surface area contributed by atoms with E-state index in [0.29, 0.717) is 24.3 Å². The van der Waals surface area contributed by atoms with E-state index in [1.165, 1.54) is 43.2 Å². The van der Waals surface area contributed by atoms with E-state index in [9.17, 15) is 9.59 Å². The lowest BCUT2D eigenvalue weighted by atomic mass is 9.54. The highest BCUT2D eigenvalue weighted by Crippen LogP contribution is 2.56. The molecule has 7 heteroatoms. The number of piperidine rings is 1. The molecule has 4 bridgehead atoms. The maximum absolute atomic E-state index is 13.4. The van der Waals surface area contributed by atoms with Crippen LogP contribution in [-0.4, -0.2) is 68.1 Å². The number of likely N-dealkylation sites (tertiary alicyclic amines) is 1. The number of hydrogen-bond donors (Lipinski definition) is 2. The minimum atomic E-state index is 0.0463. The van der Waals surface area contributed by atoms with Gasteiger partial charge in [-0.15, -0.1) is 0 Å². The van der Waals surface area contributed by atoms with Crippen LogP contribution in [-0.2, 0) is 10.2 Å². The molecule has 5 aliphatic carbocycles. The second kappa shape index (κ2) is 10.8. The molecule has 6 nitrogen and oxygen atoms in total. The minimum Gasteiger partial charge on any atom is -0.356 e. The zero-order valence-electron chi connectivity index (χ0n) is 23.2. The number of halogens is 1. The summed E-state index contributed by atoms with van der Waals surface area (Å²) < 4.78 is 1.16. The van der Waals surface area contributed by atoms with E-state index in [-0.39, 0.29) is 23.3 Å². The molecule has 3 amide bonds. The van der Waals surface area contributed by atoms with Gasteiger partial charge >= 0.3 is 6.03 Å². The lowest BCUT2D eigenvalue weighted by molar-refractivity contribution is -0.121. The van der Waals surface area contributed by atoms with Crippen molar-refractivity contribution in [3.8, 4) is 0 Å². The normalized spacial score (nSPS) is 32.6. The molecule has 1 atom stereocenters. The van der Waals surface area contributed by atoms with Gasteiger partial charge in [-0.3, -0.25) is 4.79 Å². The molecule has 6 aliphatic rings. The molecule has 2 N–H and O–H groups in total. The maximum atomic E-state index is 13.4. The van der Waals surface area contributed by atoms with Gasteiger partial charge in [0.25, 0.3) is 0 Å². The van der Waals surface area contributed by atoms with Crippen LogP contribution in [0.4, 0.5) is 4.79 Å². The highest BCUT2D eigenvalue weighted by molar-refractivity contribution is 9.10. The quantitative estimate of drug-likeness (QED) is 0.429. The predicted molar refractivity (Wildman–Crippen MR) is 154 cm³/mol. The van der Waals surface area contributed by atoms with Crippen molar-refractivity contribution >= 4 is 27.9 Å². The van der Waals surface area contributed by atoms with Gasteiger partial charge < -0.3 is 20.4 Å². The zero-order valence-corrected chi connectivity index (χ0v) is 24.8. The van der Waals surface area contributed by atoms with E-state index in [1.54, 1.807) is 0 Å². The molecule has 208 valence electrons. The third kappa shape index (κ3) is 5.14. The maximum Gasteiger partial charge on any atom is 0.317 e. The summed E-state index contributed by atoms with van der Waals surface area (Å²) in [7, 11) is 4.12. The van der Waals surface area contributed by atoms with Crippen LogP contribution < -0.4 is 10.6 Å². The summed E-state index contributed by atoms with van der Waals surface area (Å²) in [5.41, 5.74) is 2.77. The van der Waals surface area contributed by atoms with Crippen molar-refractivity contribution in [1.29, 1.82) is 0 Å². The van der Waals surface area contributed by atoms with E-state index in [4.69, 9.17) is 0 Å². The molecule has 1 aromatic rings. The lowest BCUT2D eigenvalue weighted by Gasteiger charge is -2.54. The van der Waals surface area contributed by atoms with Crippen LogP contribution in [0, 0.1) is 23.7 Å². The fraction of sp³-hybridized carbons (Fsp3) is 0.742. The monoisotopic (exact) mass is 584 g/mol. The van der Waals surface area contributed by atoms with Gasteiger partial charge in [0.15, 0.2) is 0 Å². The van der Waals surface area contributed by atoms with Crippen LogP contribution >= 0.6 is 15.9 Å². The Labute approximate surface area is 236 Å². The van der Waals surface area contributed by atoms with Gasteiger partial charge in [0.1, 0.15) is 0 Å². The number of nitrogens with zero attached hydrogens (tertiary/aromatic N) is 2. The van der Waals surface area contributed by atoms with E-state index >= 15 is 0 Å². The van der Waals surface area contributed by atoms with Crippen LogP contribution in [0.2, 0.25) is 0 Å². The minimum absolute atomic E-state index is 0.0463. The SMILES string of the molecule is CN(C)CCCNC(=O)CC1CC2(CCN(C(=O)NC3C4CC5CC(C4)CC3C5)CC2)c2c(Br)cccc21. The molecule has 38 heavy (non-hydrogen) atoms. The van der Waals surface area contributed by atoms with Gasteiger partial charge in [0, 0.05) is 42.0 Å². The molecule has 1 unspecified atom stereocenters. The summed E-state index contributed by atoms with van der Waals surface area (Å²) in [6.45, 7) is 3.30. The highest BCUT2D eigenvalue weighted by atomic mass is 79.9. The smallest absolute Gasteiger partial charge is 0.317 e. The number of rotatable bonds is 7.